The molecule has 112 valence electrons. The largest absolute Gasteiger partial charge is 0.381 e. The highest BCUT2D eigenvalue weighted by atomic mass is 16.1. The van der Waals surface area contributed by atoms with Crippen LogP contribution in [0.15, 0.2) is 36.7 Å². The summed E-state index contributed by atoms with van der Waals surface area (Å²) in [6.07, 6.45) is 3.90. The highest BCUT2D eigenvalue weighted by Crippen LogP contribution is 2.15. The summed E-state index contributed by atoms with van der Waals surface area (Å²) >= 11 is 0. The van der Waals surface area contributed by atoms with Gasteiger partial charge < -0.3 is 10.6 Å². The van der Waals surface area contributed by atoms with Crippen LogP contribution in [0.1, 0.15) is 36.7 Å². The molecule has 0 saturated heterocycles. The summed E-state index contributed by atoms with van der Waals surface area (Å²) in [6.45, 7) is 7.02. The van der Waals surface area contributed by atoms with Crippen molar-refractivity contribution in [1.29, 1.82) is 0 Å². The van der Waals surface area contributed by atoms with Crippen molar-refractivity contribution in [3.63, 3.8) is 0 Å². The summed E-state index contributed by atoms with van der Waals surface area (Å²) < 4.78 is 1.95. The van der Waals surface area contributed by atoms with Crippen LogP contribution in [-0.4, -0.2) is 22.7 Å². The van der Waals surface area contributed by atoms with Crippen LogP contribution in [0.3, 0.4) is 0 Å². The lowest BCUT2D eigenvalue weighted by Gasteiger charge is -2.18. The van der Waals surface area contributed by atoms with E-state index < -0.39 is 0 Å². The van der Waals surface area contributed by atoms with Gasteiger partial charge in [-0.05, 0) is 39.0 Å². The average molecular weight is 286 g/mol. The monoisotopic (exact) mass is 286 g/mol. The molecule has 2 aromatic rings. The Labute approximate surface area is 125 Å². The van der Waals surface area contributed by atoms with Gasteiger partial charge in [0.05, 0.1) is 11.7 Å². The number of nitrogens with zero attached hydrogens (tertiary/aromatic N) is 2. The van der Waals surface area contributed by atoms with E-state index in [1.807, 2.05) is 35.3 Å². The van der Waals surface area contributed by atoms with Gasteiger partial charge >= 0.3 is 0 Å². The molecule has 5 nitrogen and oxygen atoms in total. The Hall–Kier alpha value is -2.30. The molecule has 0 spiro atoms. The van der Waals surface area contributed by atoms with Crippen LogP contribution in [0.5, 0.6) is 0 Å². The van der Waals surface area contributed by atoms with Gasteiger partial charge in [0.2, 0.25) is 0 Å². The second-order valence-electron chi connectivity index (χ2n) is 5.98. The number of carbonyl (C=O) groups is 1. The molecule has 0 fully saturated rings. The van der Waals surface area contributed by atoms with E-state index in [4.69, 9.17) is 0 Å². The van der Waals surface area contributed by atoms with Gasteiger partial charge in [0.1, 0.15) is 0 Å². The Morgan fingerprint density at radius 3 is 2.71 bits per heavy atom. The van der Waals surface area contributed by atoms with Crippen LogP contribution in [-0.2, 0) is 12.1 Å². The van der Waals surface area contributed by atoms with Crippen LogP contribution in [0.2, 0.25) is 0 Å². The third-order valence-corrected chi connectivity index (χ3v) is 3.17. The van der Waals surface area contributed by atoms with Crippen molar-refractivity contribution in [2.45, 2.75) is 32.9 Å². The molecule has 0 bridgehead atoms. The first-order chi connectivity index (χ1) is 9.90. The fourth-order valence-corrected chi connectivity index (χ4v) is 1.94. The number of hydrogen-bond donors (Lipinski definition) is 2. The number of benzene rings is 1. The Balaban J connectivity index is 2.03. The lowest BCUT2D eigenvalue weighted by Crippen LogP contribution is -2.22. The van der Waals surface area contributed by atoms with Gasteiger partial charge in [0, 0.05) is 36.6 Å². The van der Waals surface area contributed by atoms with E-state index in [1.165, 1.54) is 0 Å². The standard InChI is InChI=1S/C16H22N4O/c1-16(2,3)20-11-12(10-19-20)9-18-14-7-5-6-13(8-14)15(21)17-4/h5-8,10-11,18H,9H2,1-4H3,(H,17,21). The first-order valence-electron chi connectivity index (χ1n) is 7.00. The molecule has 1 heterocycles. The summed E-state index contributed by atoms with van der Waals surface area (Å²) in [6, 6.07) is 7.45. The molecule has 1 amide bonds. The van der Waals surface area contributed by atoms with Crippen LogP contribution in [0.25, 0.3) is 0 Å². The molecule has 0 radical (unpaired) electrons. The van der Waals surface area contributed by atoms with Gasteiger partial charge in [-0.3, -0.25) is 9.48 Å². The molecule has 0 aliphatic carbocycles. The number of amides is 1. The molecule has 21 heavy (non-hydrogen) atoms. The molecule has 0 unspecified atom stereocenters. The summed E-state index contributed by atoms with van der Waals surface area (Å²) in [5, 5.41) is 10.3. The lowest BCUT2D eigenvalue weighted by molar-refractivity contribution is 0.0963. The zero-order valence-corrected chi connectivity index (χ0v) is 13.0. The maximum atomic E-state index is 11.6. The third-order valence-electron chi connectivity index (χ3n) is 3.17. The van der Waals surface area contributed by atoms with Gasteiger partial charge in [-0.2, -0.15) is 5.10 Å². The van der Waals surface area contributed by atoms with Crippen molar-refractivity contribution in [2.75, 3.05) is 12.4 Å². The first-order valence-corrected chi connectivity index (χ1v) is 7.00. The predicted octanol–water partition coefficient (Wildman–Crippen LogP) is 2.61. The third kappa shape index (κ3) is 3.84. The van der Waals surface area contributed by atoms with Crippen LogP contribution >= 0.6 is 0 Å². The molecule has 1 aromatic carbocycles. The Bertz CT molecular complexity index is 625. The molecular weight excluding hydrogens is 264 g/mol. The maximum absolute atomic E-state index is 11.6. The fraction of sp³-hybridized carbons (Fsp3) is 0.375. The highest BCUT2D eigenvalue weighted by Gasteiger charge is 2.13. The van der Waals surface area contributed by atoms with Crippen LogP contribution in [0, 0.1) is 0 Å². The molecule has 2 N–H and O–H groups in total. The quantitative estimate of drug-likeness (QED) is 0.908. The van der Waals surface area contributed by atoms with Gasteiger partial charge in [0.25, 0.3) is 5.91 Å². The molecule has 5 heteroatoms. The highest BCUT2D eigenvalue weighted by molar-refractivity contribution is 5.94. The van der Waals surface area contributed by atoms with E-state index in [0.717, 1.165) is 11.3 Å². The van der Waals surface area contributed by atoms with Crippen molar-refractivity contribution in [2.24, 2.45) is 0 Å². The summed E-state index contributed by atoms with van der Waals surface area (Å²) in [5.41, 5.74) is 2.65. The Morgan fingerprint density at radius 1 is 1.33 bits per heavy atom. The van der Waals surface area contributed by atoms with Crippen LogP contribution in [0.4, 0.5) is 5.69 Å². The molecule has 1 aromatic heterocycles. The van der Waals surface area contributed by atoms with Gasteiger partial charge in [0.15, 0.2) is 0 Å². The second kappa shape index (κ2) is 5.99. The summed E-state index contributed by atoms with van der Waals surface area (Å²) in [5.74, 6) is -0.0841. The minimum Gasteiger partial charge on any atom is -0.381 e. The number of carbonyl (C=O) groups excluding carboxylic acids is 1. The van der Waals surface area contributed by atoms with E-state index in [2.05, 4.69) is 36.5 Å². The summed E-state index contributed by atoms with van der Waals surface area (Å²) in [4.78, 5) is 11.6. The zero-order chi connectivity index (χ0) is 15.5. The SMILES string of the molecule is CNC(=O)c1cccc(NCc2cnn(C(C)(C)C)c2)c1. The first kappa shape index (κ1) is 15.1. The molecular formula is C16H22N4O. The van der Waals surface area contributed by atoms with Gasteiger partial charge in [-0.15, -0.1) is 0 Å². The van der Waals surface area contributed by atoms with Gasteiger partial charge in [-0.25, -0.2) is 0 Å². The lowest BCUT2D eigenvalue weighted by atomic mass is 10.1. The Morgan fingerprint density at radius 2 is 2.10 bits per heavy atom. The number of nitrogens with one attached hydrogen (secondary N) is 2. The number of anilines is 1. The van der Waals surface area contributed by atoms with Crippen LogP contribution < -0.4 is 10.6 Å². The zero-order valence-electron chi connectivity index (χ0n) is 13.0. The minimum absolute atomic E-state index is 0.0165. The fourth-order valence-electron chi connectivity index (χ4n) is 1.94. The average Bonchev–Trinajstić information content (AvgIpc) is 2.93. The van der Waals surface area contributed by atoms with Crippen molar-refractivity contribution >= 4 is 11.6 Å². The molecule has 0 saturated carbocycles. The van der Waals surface area contributed by atoms with E-state index in [9.17, 15) is 4.79 Å². The number of aromatic nitrogens is 2. The normalized spacial score (nSPS) is 11.2. The predicted molar refractivity (Wildman–Crippen MR) is 84.4 cm³/mol. The number of rotatable bonds is 4. The van der Waals surface area contributed by atoms with E-state index in [0.29, 0.717) is 12.1 Å². The topological polar surface area (TPSA) is 59.0 Å². The molecule has 2 rings (SSSR count). The maximum Gasteiger partial charge on any atom is 0.251 e. The number of hydrogen-bond acceptors (Lipinski definition) is 3. The van der Waals surface area contributed by atoms with Crippen molar-refractivity contribution in [3.8, 4) is 0 Å². The van der Waals surface area contributed by atoms with Crippen molar-refractivity contribution < 1.29 is 4.79 Å². The van der Waals surface area contributed by atoms with Crippen molar-refractivity contribution in [1.82, 2.24) is 15.1 Å². The molecule has 0 aliphatic rings. The Kier molecular flexibility index (Phi) is 4.31. The van der Waals surface area contributed by atoms with Gasteiger partial charge in [-0.1, -0.05) is 6.07 Å². The van der Waals surface area contributed by atoms with E-state index in [1.54, 1.807) is 13.1 Å². The molecule has 0 atom stereocenters. The minimum atomic E-state index is -0.0841. The molecule has 0 aliphatic heterocycles. The van der Waals surface area contributed by atoms with Crippen molar-refractivity contribution in [3.05, 3.63) is 47.8 Å². The van der Waals surface area contributed by atoms with E-state index >= 15 is 0 Å². The second-order valence-corrected chi connectivity index (χ2v) is 5.98. The van der Waals surface area contributed by atoms with E-state index in [-0.39, 0.29) is 11.4 Å². The smallest absolute Gasteiger partial charge is 0.251 e. The summed E-state index contributed by atoms with van der Waals surface area (Å²) in [7, 11) is 1.63.